The van der Waals surface area contributed by atoms with Gasteiger partial charge < -0.3 is 5.32 Å². The maximum Gasteiger partial charge on any atom is 0.250 e. The predicted molar refractivity (Wildman–Crippen MR) is 56.5 cm³/mol. The Hall–Kier alpha value is -0.550. The molecule has 1 aromatic carbocycles. The smallest absolute Gasteiger partial charge is 0.250 e. The Labute approximate surface area is 94.8 Å². The molecule has 0 saturated carbocycles. The Morgan fingerprint density at radius 1 is 1.40 bits per heavy atom. The van der Waals surface area contributed by atoms with Crippen molar-refractivity contribution in [2.75, 3.05) is 6.54 Å². The number of hydrogen-bond acceptors (Lipinski definition) is 1. The number of benzene rings is 1. The van der Waals surface area contributed by atoms with Gasteiger partial charge in [-0.15, -0.1) is 0 Å². The first-order valence-corrected chi connectivity index (χ1v) is 5.26. The Morgan fingerprint density at radius 3 is 2.60 bits per heavy atom. The average Bonchev–Trinajstić information content (AvgIpc) is 2.14. The van der Waals surface area contributed by atoms with Crippen LogP contribution >= 0.6 is 15.9 Å². The van der Waals surface area contributed by atoms with E-state index in [1.54, 1.807) is 19.1 Å². The molecule has 1 unspecified atom stereocenters. The van der Waals surface area contributed by atoms with Crippen molar-refractivity contribution in [3.05, 3.63) is 34.1 Å². The van der Waals surface area contributed by atoms with Gasteiger partial charge in [-0.1, -0.05) is 22.0 Å². The lowest BCUT2D eigenvalue weighted by Crippen LogP contribution is -2.25. The topological polar surface area (TPSA) is 12.0 Å². The van der Waals surface area contributed by atoms with E-state index in [2.05, 4.69) is 21.2 Å². The molecule has 1 nitrogen and oxygen atoms in total. The SMILES string of the molecule is CC(NCC(F)F)c1ccc(Br)cc1F. The summed E-state index contributed by atoms with van der Waals surface area (Å²) in [7, 11) is 0. The van der Waals surface area contributed by atoms with Crippen LogP contribution in [0.4, 0.5) is 13.2 Å². The minimum absolute atomic E-state index is 0.388. The molecule has 5 heteroatoms. The molecule has 0 bridgehead atoms. The molecule has 0 aliphatic carbocycles. The summed E-state index contributed by atoms with van der Waals surface area (Å²) < 4.78 is 37.8. The molecular weight excluding hydrogens is 271 g/mol. The molecule has 0 spiro atoms. The molecule has 0 heterocycles. The van der Waals surface area contributed by atoms with Crippen LogP contribution in [0.15, 0.2) is 22.7 Å². The number of rotatable bonds is 4. The molecule has 15 heavy (non-hydrogen) atoms. The van der Waals surface area contributed by atoms with E-state index in [-0.39, 0.29) is 0 Å². The Balaban J connectivity index is 2.69. The van der Waals surface area contributed by atoms with E-state index < -0.39 is 24.8 Å². The normalized spacial score (nSPS) is 13.2. The third-order valence-corrected chi connectivity index (χ3v) is 2.50. The molecule has 0 amide bonds. The van der Waals surface area contributed by atoms with E-state index in [4.69, 9.17) is 0 Å². The minimum Gasteiger partial charge on any atom is -0.305 e. The van der Waals surface area contributed by atoms with Gasteiger partial charge in [0.1, 0.15) is 5.82 Å². The van der Waals surface area contributed by atoms with Gasteiger partial charge in [-0.2, -0.15) is 0 Å². The summed E-state index contributed by atoms with van der Waals surface area (Å²) in [4.78, 5) is 0. The van der Waals surface area contributed by atoms with Crippen LogP contribution in [0, 0.1) is 5.82 Å². The highest BCUT2D eigenvalue weighted by atomic mass is 79.9. The largest absolute Gasteiger partial charge is 0.305 e. The van der Waals surface area contributed by atoms with Gasteiger partial charge >= 0.3 is 0 Å². The lowest BCUT2D eigenvalue weighted by molar-refractivity contribution is 0.142. The van der Waals surface area contributed by atoms with Gasteiger partial charge in [0, 0.05) is 16.1 Å². The summed E-state index contributed by atoms with van der Waals surface area (Å²) in [6.45, 7) is 1.21. The van der Waals surface area contributed by atoms with E-state index in [1.807, 2.05) is 0 Å². The fourth-order valence-electron chi connectivity index (χ4n) is 1.23. The van der Waals surface area contributed by atoms with Gasteiger partial charge in [0.05, 0.1) is 6.54 Å². The van der Waals surface area contributed by atoms with Crippen LogP contribution in [0.5, 0.6) is 0 Å². The van der Waals surface area contributed by atoms with Crippen LogP contribution in [-0.4, -0.2) is 13.0 Å². The zero-order chi connectivity index (χ0) is 11.4. The monoisotopic (exact) mass is 281 g/mol. The molecule has 1 N–H and O–H groups in total. The van der Waals surface area contributed by atoms with Crippen LogP contribution in [0.25, 0.3) is 0 Å². The molecular formula is C10H11BrF3N. The summed E-state index contributed by atoms with van der Waals surface area (Å²) in [6, 6.07) is 4.14. The van der Waals surface area contributed by atoms with Crippen molar-refractivity contribution < 1.29 is 13.2 Å². The van der Waals surface area contributed by atoms with Gasteiger partial charge in [-0.05, 0) is 19.1 Å². The minimum atomic E-state index is -2.43. The van der Waals surface area contributed by atoms with E-state index >= 15 is 0 Å². The molecule has 0 fully saturated rings. The third kappa shape index (κ3) is 3.83. The van der Waals surface area contributed by atoms with Crippen LogP contribution in [0.2, 0.25) is 0 Å². The van der Waals surface area contributed by atoms with Crippen molar-refractivity contribution in [3.8, 4) is 0 Å². The highest BCUT2D eigenvalue weighted by molar-refractivity contribution is 9.10. The van der Waals surface area contributed by atoms with Crippen molar-refractivity contribution in [3.63, 3.8) is 0 Å². The zero-order valence-electron chi connectivity index (χ0n) is 8.11. The second-order valence-electron chi connectivity index (χ2n) is 3.19. The van der Waals surface area contributed by atoms with E-state index in [0.29, 0.717) is 10.0 Å². The van der Waals surface area contributed by atoms with Gasteiger partial charge in [0.2, 0.25) is 0 Å². The summed E-state index contributed by atoms with van der Waals surface area (Å²) in [6.07, 6.45) is -2.43. The van der Waals surface area contributed by atoms with Gasteiger partial charge in [-0.25, -0.2) is 13.2 Å². The van der Waals surface area contributed by atoms with Crippen molar-refractivity contribution in [2.45, 2.75) is 19.4 Å². The van der Waals surface area contributed by atoms with Gasteiger partial charge in [-0.3, -0.25) is 0 Å². The predicted octanol–water partition coefficient (Wildman–Crippen LogP) is 3.50. The van der Waals surface area contributed by atoms with Crippen molar-refractivity contribution in [2.24, 2.45) is 0 Å². The van der Waals surface area contributed by atoms with Crippen molar-refractivity contribution >= 4 is 15.9 Å². The second-order valence-corrected chi connectivity index (χ2v) is 4.10. The van der Waals surface area contributed by atoms with Gasteiger partial charge in [0.15, 0.2) is 0 Å². The third-order valence-electron chi connectivity index (χ3n) is 2.01. The number of alkyl halides is 2. The second kappa shape index (κ2) is 5.51. The fraction of sp³-hybridized carbons (Fsp3) is 0.400. The number of hydrogen-bond donors (Lipinski definition) is 1. The molecule has 84 valence electrons. The summed E-state index contributed by atoms with van der Waals surface area (Å²) >= 11 is 3.13. The lowest BCUT2D eigenvalue weighted by atomic mass is 10.1. The summed E-state index contributed by atoms with van der Waals surface area (Å²) in [5.41, 5.74) is 0.388. The maximum atomic E-state index is 13.4. The molecule has 0 radical (unpaired) electrons. The molecule has 0 aromatic heterocycles. The van der Waals surface area contributed by atoms with E-state index in [0.717, 1.165) is 0 Å². The standard InChI is InChI=1S/C10H11BrF3N/c1-6(15-5-10(13)14)8-3-2-7(11)4-9(8)12/h2-4,6,10,15H,5H2,1H3. The molecule has 0 saturated heterocycles. The van der Waals surface area contributed by atoms with Crippen molar-refractivity contribution in [1.82, 2.24) is 5.32 Å². The number of halogens is 4. The van der Waals surface area contributed by atoms with Crippen molar-refractivity contribution in [1.29, 1.82) is 0 Å². The maximum absolute atomic E-state index is 13.4. The van der Waals surface area contributed by atoms with Gasteiger partial charge in [0.25, 0.3) is 6.43 Å². The molecule has 1 atom stereocenters. The van der Waals surface area contributed by atoms with E-state index in [1.165, 1.54) is 6.07 Å². The van der Waals surface area contributed by atoms with Crippen LogP contribution < -0.4 is 5.32 Å². The van der Waals surface area contributed by atoms with Crippen LogP contribution in [0.1, 0.15) is 18.5 Å². The van der Waals surface area contributed by atoms with Crippen LogP contribution in [0.3, 0.4) is 0 Å². The first-order valence-electron chi connectivity index (χ1n) is 4.47. The first kappa shape index (κ1) is 12.5. The zero-order valence-corrected chi connectivity index (χ0v) is 9.69. The molecule has 0 aliphatic rings. The average molecular weight is 282 g/mol. The first-order chi connectivity index (χ1) is 7.00. The van der Waals surface area contributed by atoms with Crippen LogP contribution in [-0.2, 0) is 0 Å². The molecule has 1 rings (SSSR count). The summed E-state index contributed by atoms with van der Waals surface area (Å²) in [5, 5.41) is 2.55. The van der Waals surface area contributed by atoms with E-state index in [9.17, 15) is 13.2 Å². The Kier molecular flexibility index (Phi) is 4.60. The fourth-order valence-corrected chi connectivity index (χ4v) is 1.56. The molecule has 1 aromatic rings. The lowest BCUT2D eigenvalue weighted by Gasteiger charge is -2.14. The number of nitrogens with one attached hydrogen (secondary N) is 1. The highest BCUT2D eigenvalue weighted by Gasteiger charge is 2.12. The Bertz CT molecular complexity index is 330. The quantitative estimate of drug-likeness (QED) is 0.891. The molecule has 0 aliphatic heterocycles. The Morgan fingerprint density at radius 2 is 2.07 bits per heavy atom. The summed E-state index contributed by atoms with van der Waals surface area (Å²) in [5.74, 6) is -0.404. The highest BCUT2D eigenvalue weighted by Crippen LogP contribution is 2.20.